The van der Waals surface area contributed by atoms with E-state index in [1.807, 2.05) is 32.0 Å². The summed E-state index contributed by atoms with van der Waals surface area (Å²) in [7, 11) is 0. The second-order valence-corrected chi connectivity index (χ2v) is 10.9. The highest BCUT2D eigenvalue weighted by atomic mass is 19.1. The molecule has 0 radical (unpaired) electrons. The van der Waals surface area contributed by atoms with Crippen LogP contribution in [0.2, 0.25) is 0 Å². The van der Waals surface area contributed by atoms with Crippen LogP contribution in [-0.2, 0) is 12.0 Å². The molecule has 1 aliphatic heterocycles. The summed E-state index contributed by atoms with van der Waals surface area (Å²) in [5, 5.41) is 12.9. The van der Waals surface area contributed by atoms with Gasteiger partial charge in [-0.1, -0.05) is 18.9 Å². The Morgan fingerprint density at radius 1 is 1.21 bits per heavy atom. The van der Waals surface area contributed by atoms with Crippen molar-refractivity contribution in [1.82, 2.24) is 19.6 Å². The van der Waals surface area contributed by atoms with Gasteiger partial charge in [0.15, 0.2) is 0 Å². The van der Waals surface area contributed by atoms with Crippen LogP contribution in [0.5, 0.6) is 0 Å². The van der Waals surface area contributed by atoms with Crippen LogP contribution in [0.25, 0.3) is 5.52 Å². The third-order valence-corrected chi connectivity index (χ3v) is 8.23. The number of hydrogen-bond donors (Lipinski definition) is 1. The number of nitrogens with zero attached hydrogens (tertiary/aromatic N) is 4. The van der Waals surface area contributed by atoms with E-state index in [1.165, 1.54) is 4.40 Å². The van der Waals surface area contributed by atoms with Crippen LogP contribution in [0.15, 0.2) is 47.5 Å². The molecule has 198 valence electrons. The highest BCUT2D eigenvalue weighted by Gasteiger charge is 2.38. The smallest absolute Gasteiger partial charge is 0.267 e. The monoisotopic (exact) mass is 515 g/mol. The highest BCUT2D eigenvalue weighted by molar-refractivity contribution is 5.95. The van der Waals surface area contributed by atoms with Gasteiger partial charge in [0.25, 0.3) is 11.5 Å². The van der Waals surface area contributed by atoms with E-state index in [2.05, 4.69) is 21.3 Å². The minimum absolute atomic E-state index is 0.0354. The van der Waals surface area contributed by atoms with Gasteiger partial charge in [-0.05, 0) is 80.5 Å². The average molecular weight is 516 g/mol. The normalized spacial score (nSPS) is 21.6. The number of nitrogens with one attached hydrogen (secondary N) is 1. The molecule has 1 saturated heterocycles. The Morgan fingerprint density at radius 2 is 1.97 bits per heavy atom. The minimum atomic E-state index is -1.09. The van der Waals surface area contributed by atoms with Crippen LogP contribution in [0.1, 0.15) is 71.3 Å². The highest BCUT2D eigenvalue weighted by Crippen LogP contribution is 2.35. The van der Waals surface area contributed by atoms with E-state index >= 15 is 0 Å². The SMILES string of the molecule is Cc1ccnc(C2(C#N)CCN(Cc3cc(C(=O)N[C@@H]4CCCC[C@H]4F)c(=O)n4cccc(C)c34)CC2)c1. The van der Waals surface area contributed by atoms with Gasteiger partial charge in [0.05, 0.1) is 23.3 Å². The van der Waals surface area contributed by atoms with Crippen molar-refractivity contribution in [3.8, 4) is 6.07 Å². The Morgan fingerprint density at radius 3 is 2.68 bits per heavy atom. The van der Waals surface area contributed by atoms with E-state index in [4.69, 9.17) is 0 Å². The average Bonchev–Trinajstić information content (AvgIpc) is 2.92. The molecule has 5 rings (SSSR count). The topological polar surface area (TPSA) is 90.5 Å². The van der Waals surface area contributed by atoms with Crippen molar-refractivity contribution in [2.24, 2.45) is 0 Å². The van der Waals surface area contributed by atoms with Crippen molar-refractivity contribution >= 4 is 11.4 Å². The lowest BCUT2D eigenvalue weighted by Gasteiger charge is -2.37. The molecule has 0 bridgehead atoms. The maximum atomic E-state index is 14.4. The molecule has 0 aromatic carbocycles. The number of halogens is 1. The van der Waals surface area contributed by atoms with Crippen LogP contribution in [0, 0.1) is 25.2 Å². The maximum Gasteiger partial charge on any atom is 0.267 e. The van der Waals surface area contributed by atoms with Gasteiger partial charge >= 0.3 is 0 Å². The second kappa shape index (κ2) is 10.7. The Kier molecular flexibility index (Phi) is 7.31. The lowest BCUT2D eigenvalue weighted by molar-refractivity contribution is 0.0882. The first kappa shape index (κ1) is 26.1. The first-order chi connectivity index (χ1) is 18.3. The molecule has 4 heterocycles. The zero-order valence-electron chi connectivity index (χ0n) is 22.0. The van der Waals surface area contributed by atoms with E-state index in [0.717, 1.165) is 40.7 Å². The number of carbonyl (C=O) groups excluding carboxylic acids is 1. The number of amides is 1. The number of carbonyl (C=O) groups is 1. The Balaban J connectivity index is 1.42. The molecule has 0 unspecified atom stereocenters. The molecule has 2 aliphatic rings. The third kappa shape index (κ3) is 4.95. The van der Waals surface area contributed by atoms with Gasteiger partial charge in [0, 0.05) is 32.0 Å². The predicted octanol–water partition coefficient (Wildman–Crippen LogP) is 4.38. The van der Waals surface area contributed by atoms with Crippen LogP contribution < -0.4 is 10.9 Å². The summed E-state index contributed by atoms with van der Waals surface area (Å²) in [5.74, 6) is -0.519. The molecule has 1 saturated carbocycles. The van der Waals surface area contributed by atoms with E-state index in [0.29, 0.717) is 45.3 Å². The van der Waals surface area contributed by atoms with Gasteiger partial charge in [-0.15, -0.1) is 0 Å². The summed E-state index contributed by atoms with van der Waals surface area (Å²) < 4.78 is 16.0. The van der Waals surface area contributed by atoms with E-state index in [1.54, 1.807) is 24.5 Å². The molecule has 3 aromatic heterocycles. The molecule has 3 aromatic rings. The van der Waals surface area contributed by atoms with E-state index < -0.39 is 29.1 Å². The molecule has 1 N–H and O–H groups in total. The molecule has 8 heteroatoms. The van der Waals surface area contributed by atoms with Crippen molar-refractivity contribution in [1.29, 1.82) is 5.26 Å². The van der Waals surface area contributed by atoms with Gasteiger partial charge in [-0.2, -0.15) is 5.26 Å². The van der Waals surface area contributed by atoms with Crippen LogP contribution in [0.4, 0.5) is 4.39 Å². The number of aryl methyl sites for hydroxylation is 2. The minimum Gasteiger partial charge on any atom is -0.346 e. The van der Waals surface area contributed by atoms with Crippen LogP contribution >= 0.6 is 0 Å². The molecule has 1 aliphatic carbocycles. The number of hydrogen-bond acceptors (Lipinski definition) is 5. The number of fused-ring (bicyclic) bond motifs is 1. The Bertz CT molecular complexity index is 1450. The van der Waals surface area contributed by atoms with Crippen molar-refractivity contribution in [2.45, 2.75) is 76.5 Å². The van der Waals surface area contributed by atoms with Gasteiger partial charge in [0.1, 0.15) is 17.2 Å². The molecular weight excluding hydrogens is 481 g/mol. The first-order valence-electron chi connectivity index (χ1n) is 13.5. The summed E-state index contributed by atoms with van der Waals surface area (Å²) in [4.78, 5) is 33.3. The van der Waals surface area contributed by atoms with Gasteiger partial charge in [0.2, 0.25) is 0 Å². The third-order valence-electron chi connectivity index (χ3n) is 8.23. The van der Waals surface area contributed by atoms with Gasteiger partial charge in [-0.25, -0.2) is 4.39 Å². The van der Waals surface area contributed by atoms with Crippen LogP contribution in [-0.4, -0.2) is 45.5 Å². The maximum absolute atomic E-state index is 14.4. The lowest BCUT2D eigenvalue weighted by Crippen LogP contribution is -2.45. The number of piperidine rings is 1. The molecule has 2 fully saturated rings. The largest absolute Gasteiger partial charge is 0.346 e. The zero-order chi connectivity index (χ0) is 26.9. The number of rotatable bonds is 5. The van der Waals surface area contributed by atoms with Gasteiger partial charge in [-0.3, -0.25) is 23.9 Å². The summed E-state index contributed by atoms with van der Waals surface area (Å²) in [6, 6.07) is 11.3. The summed E-state index contributed by atoms with van der Waals surface area (Å²) >= 11 is 0. The predicted molar refractivity (Wildman–Crippen MR) is 144 cm³/mol. The van der Waals surface area contributed by atoms with Crippen molar-refractivity contribution in [3.05, 3.63) is 81.0 Å². The molecule has 7 nitrogen and oxygen atoms in total. The number of nitriles is 1. The van der Waals surface area contributed by atoms with Crippen molar-refractivity contribution in [3.63, 3.8) is 0 Å². The number of aromatic nitrogens is 2. The second-order valence-electron chi connectivity index (χ2n) is 10.9. The molecule has 1 amide bonds. The zero-order valence-corrected chi connectivity index (χ0v) is 22.0. The Labute approximate surface area is 222 Å². The quantitative estimate of drug-likeness (QED) is 0.545. The number of likely N-dealkylation sites (tertiary alicyclic amines) is 1. The standard InChI is InChI=1S/C30H34FN5O2/c1-20-9-12-33-26(16-20)30(19-32)10-14-35(15-11-30)18-22-17-23(28(37)34-25-8-4-3-7-24(25)31)29(38)36-13-5-6-21(2)27(22)36/h5-6,9,12-13,16-17,24-25H,3-4,7-8,10-11,14-15,18H2,1-2H3,(H,34,37)/t24-,25-/m1/s1. The van der Waals surface area contributed by atoms with Crippen LogP contribution in [0.3, 0.4) is 0 Å². The molecular formula is C30H34FN5O2. The Hall–Kier alpha value is -3.57. The van der Waals surface area contributed by atoms with Crippen molar-refractivity contribution < 1.29 is 9.18 Å². The van der Waals surface area contributed by atoms with E-state index in [-0.39, 0.29) is 5.56 Å². The molecule has 0 spiro atoms. The summed E-state index contributed by atoms with van der Waals surface area (Å²) in [6.07, 6.45) is 6.35. The fraction of sp³-hybridized carbons (Fsp3) is 0.467. The molecule has 38 heavy (non-hydrogen) atoms. The fourth-order valence-corrected chi connectivity index (χ4v) is 5.96. The van der Waals surface area contributed by atoms with Gasteiger partial charge < -0.3 is 5.32 Å². The number of alkyl halides is 1. The van der Waals surface area contributed by atoms with Crippen molar-refractivity contribution in [2.75, 3.05) is 13.1 Å². The molecule has 2 atom stereocenters. The fourth-order valence-electron chi connectivity index (χ4n) is 5.96. The summed E-state index contributed by atoms with van der Waals surface area (Å²) in [6.45, 7) is 5.87. The first-order valence-corrected chi connectivity index (χ1v) is 13.5. The van der Waals surface area contributed by atoms with E-state index in [9.17, 15) is 19.2 Å². The lowest BCUT2D eigenvalue weighted by atomic mass is 9.76. The number of pyridine rings is 3. The summed E-state index contributed by atoms with van der Waals surface area (Å²) in [5.41, 5.74) is 3.51.